The average molecular weight is 376 g/mol. The molecule has 6 N–H and O–H groups in total. The van der Waals surface area contributed by atoms with E-state index >= 15 is 0 Å². The normalized spacial score (nSPS) is 48.5. The van der Waals surface area contributed by atoms with Crippen LogP contribution >= 0.6 is 0 Å². The Labute approximate surface area is 149 Å². The van der Waals surface area contributed by atoms with Gasteiger partial charge in [0.25, 0.3) is 0 Å². The topological polar surface area (TPSA) is 166 Å². The molecule has 0 aromatic heterocycles. The Hall–Kier alpha value is -1.27. The number of carbonyl (C=O) groups is 1. The lowest BCUT2D eigenvalue weighted by molar-refractivity contribution is -0.342. The zero-order chi connectivity index (χ0) is 19.2. The van der Waals surface area contributed by atoms with Gasteiger partial charge >= 0.3 is 5.97 Å². The average Bonchev–Trinajstić information content (AvgIpc) is 2.90. The third kappa shape index (κ3) is 3.22. The lowest BCUT2D eigenvalue weighted by Crippen LogP contribution is -2.60. The van der Waals surface area contributed by atoms with Crippen molar-refractivity contribution in [3.8, 4) is 0 Å². The van der Waals surface area contributed by atoms with Crippen molar-refractivity contribution in [1.82, 2.24) is 0 Å². The van der Waals surface area contributed by atoms with E-state index in [0.29, 0.717) is 6.42 Å². The summed E-state index contributed by atoms with van der Waals surface area (Å²) in [5.41, 5.74) is -0.0551. The molecule has 1 saturated heterocycles. The van der Waals surface area contributed by atoms with Gasteiger partial charge in [-0.05, 0) is 12.3 Å². The van der Waals surface area contributed by atoms with Crippen molar-refractivity contribution >= 4 is 5.97 Å². The van der Waals surface area contributed by atoms with Crippen molar-refractivity contribution in [2.45, 2.75) is 56.4 Å². The van der Waals surface area contributed by atoms with Crippen molar-refractivity contribution in [1.29, 1.82) is 0 Å². The van der Waals surface area contributed by atoms with E-state index in [4.69, 9.17) is 14.2 Å². The first-order chi connectivity index (χ1) is 12.3. The number of carboxylic acids is 1. The molecule has 2 aliphatic heterocycles. The van der Waals surface area contributed by atoms with E-state index in [9.17, 15) is 35.4 Å². The lowest BCUT2D eigenvalue weighted by atomic mass is 9.83. The second-order valence-corrected chi connectivity index (χ2v) is 7.10. The molecule has 0 aromatic carbocycles. The molecule has 2 heterocycles. The first-order valence-corrected chi connectivity index (χ1v) is 8.49. The van der Waals surface area contributed by atoms with Crippen molar-refractivity contribution < 1.29 is 49.6 Å². The molecule has 0 amide bonds. The van der Waals surface area contributed by atoms with Gasteiger partial charge in [0.1, 0.15) is 24.4 Å². The number of fused-ring (bicyclic) bond motifs is 1. The number of hydrogen-bond donors (Lipinski definition) is 6. The fourth-order valence-corrected chi connectivity index (χ4v) is 4.08. The van der Waals surface area contributed by atoms with E-state index in [1.807, 2.05) is 6.92 Å². The van der Waals surface area contributed by atoms with Crippen molar-refractivity contribution in [3.63, 3.8) is 0 Å². The van der Waals surface area contributed by atoms with Crippen LogP contribution in [0.5, 0.6) is 0 Å². The summed E-state index contributed by atoms with van der Waals surface area (Å²) < 4.78 is 16.3. The fraction of sp³-hybridized carbons (Fsp3) is 0.812. The molecule has 2 fully saturated rings. The number of rotatable bonds is 4. The van der Waals surface area contributed by atoms with Gasteiger partial charge in [0.15, 0.2) is 6.29 Å². The molecule has 1 aliphatic carbocycles. The SMILES string of the molecule is C[C@@H]1C[C@@H](O)[C@@H]2C(C(=O)O)=CO[C@@H](O[C@@H]3O[C@H](CO)[C@@H](O)[C@H](O)[C@H]3O)C12. The number of aliphatic hydroxyl groups excluding tert-OH is 5. The molecule has 10 nitrogen and oxygen atoms in total. The third-order valence-electron chi connectivity index (χ3n) is 5.47. The van der Waals surface area contributed by atoms with Crippen LogP contribution in [0, 0.1) is 17.8 Å². The molecule has 3 rings (SSSR count). The quantitative estimate of drug-likeness (QED) is 0.316. The van der Waals surface area contributed by atoms with Crippen LogP contribution in [-0.2, 0) is 19.0 Å². The molecule has 0 spiro atoms. The fourth-order valence-electron chi connectivity index (χ4n) is 4.08. The van der Waals surface area contributed by atoms with Crippen LogP contribution in [0.25, 0.3) is 0 Å². The first kappa shape index (κ1) is 19.5. The van der Waals surface area contributed by atoms with Gasteiger partial charge in [0.2, 0.25) is 6.29 Å². The van der Waals surface area contributed by atoms with Gasteiger partial charge < -0.3 is 44.8 Å². The molecule has 1 unspecified atom stereocenters. The smallest absolute Gasteiger partial charge is 0.335 e. The minimum absolute atomic E-state index is 0.0551. The van der Waals surface area contributed by atoms with Crippen molar-refractivity contribution in [2.24, 2.45) is 17.8 Å². The lowest BCUT2D eigenvalue weighted by Gasteiger charge is -2.43. The van der Waals surface area contributed by atoms with Crippen LogP contribution in [0.3, 0.4) is 0 Å². The minimum Gasteiger partial charge on any atom is -0.478 e. The number of aliphatic hydroxyl groups is 5. The minimum atomic E-state index is -1.60. The zero-order valence-corrected chi connectivity index (χ0v) is 14.1. The Morgan fingerprint density at radius 2 is 1.88 bits per heavy atom. The zero-order valence-electron chi connectivity index (χ0n) is 14.1. The molecular formula is C16H24O10. The summed E-state index contributed by atoms with van der Waals surface area (Å²) in [6.45, 7) is 1.23. The molecule has 0 bridgehead atoms. The van der Waals surface area contributed by atoms with Crippen LogP contribution in [0.1, 0.15) is 13.3 Å². The second-order valence-electron chi connectivity index (χ2n) is 7.10. The van der Waals surface area contributed by atoms with E-state index in [1.165, 1.54) is 0 Å². The van der Waals surface area contributed by atoms with Gasteiger partial charge in [0, 0.05) is 11.8 Å². The van der Waals surface area contributed by atoms with Gasteiger partial charge in [-0.3, -0.25) is 0 Å². The largest absolute Gasteiger partial charge is 0.478 e. The Morgan fingerprint density at radius 3 is 2.50 bits per heavy atom. The van der Waals surface area contributed by atoms with Crippen LogP contribution in [0.2, 0.25) is 0 Å². The summed E-state index contributed by atoms with van der Waals surface area (Å²) in [6.07, 6.45) is -7.77. The maximum Gasteiger partial charge on any atom is 0.335 e. The van der Waals surface area contributed by atoms with Gasteiger partial charge in [-0.15, -0.1) is 0 Å². The highest BCUT2D eigenvalue weighted by Gasteiger charge is 2.53. The highest BCUT2D eigenvalue weighted by atomic mass is 16.8. The Balaban J connectivity index is 1.80. The maximum absolute atomic E-state index is 11.4. The predicted octanol–water partition coefficient (Wildman–Crippen LogP) is -2.24. The summed E-state index contributed by atoms with van der Waals surface area (Å²) in [7, 11) is 0. The van der Waals surface area contributed by atoms with Gasteiger partial charge in [-0.25, -0.2) is 4.79 Å². The summed E-state index contributed by atoms with van der Waals surface area (Å²) in [5.74, 6) is -2.54. The van der Waals surface area contributed by atoms with Crippen LogP contribution in [0.4, 0.5) is 0 Å². The van der Waals surface area contributed by atoms with Gasteiger partial charge in [-0.2, -0.15) is 0 Å². The molecule has 3 aliphatic rings. The first-order valence-electron chi connectivity index (χ1n) is 8.49. The van der Waals surface area contributed by atoms with Crippen LogP contribution in [0.15, 0.2) is 11.8 Å². The third-order valence-corrected chi connectivity index (χ3v) is 5.47. The number of ether oxygens (including phenoxy) is 3. The molecule has 10 atom stereocenters. The molecule has 10 heteroatoms. The summed E-state index contributed by atoms with van der Waals surface area (Å²) >= 11 is 0. The number of aliphatic carboxylic acids is 1. The van der Waals surface area contributed by atoms with E-state index in [2.05, 4.69) is 0 Å². The molecule has 148 valence electrons. The van der Waals surface area contributed by atoms with E-state index in [0.717, 1.165) is 6.26 Å². The van der Waals surface area contributed by atoms with Crippen LogP contribution in [-0.4, -0.2) is 86.3 Å². The number of carboxylic acid groups (broad SMARTS) is 1. The Morgan fingerprint density at radius 1 is 1.19 bits per heavy atom. The predicted molar refractivity (Wildman–Crippen MR) is 82.2 cm³/mol. The van der Waals surface area contributed by atoms with E-state index in [-0.39, 0.29) is 11.5 Å². The van der Waals surface area contributed by atoms with Gasteiger partial charge in [-0.1, -0.05) is 6.92 Å². The summed E-state index contributed by atoms with van der Waals surface area (Å²) in [6, 6.07) is 0. The standard InChI is InChI=1S/C16H24O10/c1-5-2-7(18)10-6(14(22)23)4-24-15(9(5)10)26-16-13(21)12(20)11(19)8(3-17)25-16/h4-5,7-13,15-21H,2-3H2,1H3,(H,22,23)/t5-,7-,8-,9?,10+,11-,12+,13-,15+,16+/m1/s1. The Kier molecular flexibility index (Phi) is 5.54. The number of hydrogen-bond acceptors (Lipinski definition) is 9. The maximum atomic E-state index is 11.4. The highest BCUT2D eigenvalue weighted by Crippen LogP contribution is 2.47. The summed E-state index contributed by atoms with van der Waals surface area (Å²) in [4.78, 5) is 11.4. The molecule has 0 radical (unpaired) electrons. The monoisotopic (exact) mass is 376 g/mol. The summed E-state index contributed by atoms with van der Waals surface area (Å²) in [5, 5.41) is 58.6. The molecule has 1 saturated carbocycles. The molecular weight excluding hydrogens is 352 g/mol. The van der Waals surface area contributed by atoms with E-state index < -0.39 is 67.5 Å². The van der Waals surface area contributed by atoms with Crippen LogP contribution < -0.4 is 0 Å². The van der Waals surface area contributed by atoms with Crippen molar-refractivity contribution in [2.75, 3.05) is 6.61 Å². The second kappa shape index (κ2) is 7.39. The molecule has 0 aromatic rings. The van der Waals surface area contributed by atoms with Crippen molar-refractivity contribution in [3.05, 3.63) is 11.8 Å². The van der Waals surface area contributed by atoms with E-state index in [1.54, 1.807) is 0 Å². The van der Waals surface area contributed by atoms with Gasteiger partial charge in [0.05, 0.1) is 24.5 Å². The Bertz CT molecular complexity index is 563. The molecule has 26 heavy (non-hydrogen) atoms. The highest BCUT2D eigenvalue weighted by molar-refractivity contribution is 5.87.